The van der Waals surface area contributed by atoms with Crippen LogP contribution in [0.25, 0.3) is 0 Å². The van der Waals surface area contributed by atoms with Crippen LogP contribution in [0.5, 0.6) is 0 Å². The molecule has 0 aliphatic carbocycles. The molecule has 0 radical (unpaired) electrons. The van der Waals surface area contributed by atoms with Crippen molar-refractivity contribution in [1.82, 2.24) is 0 Å². The highest BCUT2D eigenvalue weighted by molar-refractivity contribution is 5.68. The zero-order valence-electron chi connectivity index (χ0n) is 12.2. The average Bonchev–Trinajstić information content (AvgIpc) is 2.38. The summed E-state index contributed by atoms with van der Waals surface area (Å²) in [6.07, 6.45) is 0.656. The number of nitrogens with zero attached hydrogens (tertiary/aromatic N) is 1. The van der Waals surface area contributed by atoms with Crippen molar-refractivity contribution < 1.29 is 4.39 Å². The first kappa shape index (κ1) is 14.5. The lowest BCUT2D eigenvalue weighted by Crippen LogP contribution is -2.20. The number of hydrogen-bond donors (Lipinski definition) is 1. The van der Waals surface area contributed by atoms with Gasteiger partial charge in [-0.3, -0.25) is 0 Å². The summed E-state index contributed by atoms with van der Waals surface area (Å²) in [5.74, 6) is -0.220. The largest absolute Gasteiger partial charge is 0.344 e. The maximum atomic E-state index is 13.5. The summed E-state index contributed by atoms with van der Waals surface area (Å²) in [5.41, 5.74) is 10.1. The second-order valence-corrected chi connectivity index (χ2v) is 5.30. The normalized spacial score (nSPS) is 12.2. The van der Waals surface area contributed by atoms with Gasteiger partial charge in [-0.25, -0.2) is 4.39 Å². The Kier molecular flexibility index (Phi) is 4.40. The van der Waals surface area contributed by atoms with E-state index >= 15 is 0 Å². The molecule has 0 amide bonds. The molecule has 2 N–H and O–H groups in total. The van der Waals surface area contributed by atoms with E-state index in [4.69, 9.17) is 5.73 Å². The number of aryl methyl sites for hydroxylation is 1. The molecule has 2 nitrogen and oxygen atoms in total. The molecule has 0 aliphatic rings. The van der Waals surface area contributed by atoms with Crippen LogP contribution in [0.4, 0.5) is 15.8 Å². The zero-order valence-corrected chi connectivity index (χ0v) is 12.2. The van der Waals surface area contributed by atoms with E-state index in [1.807, 2.05) is 32.2 Å². The van der Waals surface area contributed by atoms with Crippen molar-refractivity contribution >= 4 is 11.4 Å². The third-order valence-electron chi connectivity index (χ3n) is 3.42. The summed E-state index contributed by atoms with van der Waals surface area (Å²) in [6, 6.07) is 13.0. The number of nitrogens with two attached hydrogens (primary N) is 1. The van der Waals surface area contributed by atoms with Gasteiger partial charge in [-0.2, -0.15) is 0 Å². The van der Waals surface area contributed by atoms with Crippen molar-refractivity contribution in [1.29, 1.82) is 0 Å². The molecule has 106 valence electrons. The summed E-state index contributed by atoms with van der Waals surface area (Å²) in [7, 11) is 2.00. The van der Waals surface area contributed by atoms with Crippen molar-refractivity contribution in [3.05, 3.63) is 59.4 Å². The smallest absolute Gasteiger partial charge is 0.123 e. The van der Waals surface area contributed by atoms with Gasteiger partial charge in [0.05, 0.1) is 0 Å². The van der Waals surface area contributed by atoms with Gasteiger partial charge < -0.3 is 10.6 Å². The van der Waals surface area contributed by atoms with Crippen LogP contribution in [0.3, 0.4) is 0 Å². The molecule has 0 saturated carbocycles. The number of benzene rings is 2. The van der Waals surface area contributed by atoms with Crippen molar-refractivity contribution in [3.63, 3.8) is 0 Å². The number of para-hydroxylation sites is 1. The Morgan fingerprint density at radius 1 is 1.15 bits per heavy atom. The second-order valence-electron chi connectivity index (χ2n) is 5.30. The van der Waals surface area contributed by atoms with Gasteiger partial charge in [0.15, 0.2) is 0 Å². The Morgan fingerprint density at radius 2 is 1.85 bits per heavy atom. The second kappa shape index (κ2) is 6.06. The Bertz CT molecular complexity index is 593. The van der Waals surface area contributed by atoms with Crippen LogP contribution in [-0.2, 0) is 6.42 Å². The predicted molar refractivity (Wildman–Crippen MR) is 83.0 cm³/mol. The van der Waals surface area contributed by atoms with Crippen LogP contribution >= 0.6 is 0 Å². The summed E-state index contributed by atoms with van der Waals surface area (Å²) in [5, 5.41) is 0. The SMILES string of the molecule is Cc1ccccc1N(C)c1ccc(F)cc1CC(C)N. The highest BCUT2D eigenvalue weighted by atomic mass is 19.1. The van der Waals surface area contributed by atoms with Crippen molar-refractivity contribution in [2.24, 2.45) is 5.73 Å². The lowest BCUT2D eigenvalue weighted by molar-refractivity contribution is 0.622. The molecule has 20 heavy (non-hydrogen) atoms. The minimum atomic E-state index is -0.220. The zero-order chi connectivity index (χ0) is 14.7. The Balaban J connectivity index is 2.44. The molecule has 2 aromatic rings. The first-order valence-electron chi connectivity index (χ1n) is 6.82. The number of rotatable bonds is 4. The van der Waals surface area contributed by atoms with E-state index in [-0.39, 0.29) is 11.9 Å². The van der Waals surface area contributed by atoms with Crippen molar-refractivity contribution in [2.75, 3.05) is 11.9 Å². The van der Waals surface area contributed by atoms with Gasteiger partial charge in [-0.1, -0.05) is 18.2 Å². The molecule has 0 spiro atoms. The van der Waals surface area contributed by atoms with Crippen LogP contribution in [0, 0.1) is 12.7 Å². The van der Waals surface area contributed by atoms with Gasteiger partial charge in [-0.05, 0) is 55.7 Å². The van der Waals surface area contributed by atoms with E-state index in [0.717, 1.165) is 16.9 Å². The Hall–Kier alpha value is -1.87. The van der Waals surface area contributed by atoms with Gasteiger partial charge in [0, 0.05) is 24.5 Å². The van der Waals surface area contributed by atoms with E-state index in [1.165, 1.54) is 11.6 Å². The molecule has 0 bridgehead atoms. The fourth-order valence-electron chi connectivity index (χ4n) is 2.46. The summed E-state index contributed by atoms with van der Waals surface area (Å²) >= 11 is 0. The molecule has 1 unspecified atom stereocenters. The molecule has 0 aliphatic heterocycles. The fraction of sp³-hybridized carbons (Fsp3) is 0.294. The van der Waals surface area contributed by atoms with E-state index in [0.29, 0.717) is 6.42 Å². The summed E-state index contributed by atoms with van der Waals surface area (Å²) in [4.78, 5) is 2.09. The highest BCUT2D eigenvalue weighted by Gasteiger charge is 2.13. The lowest BCUT2D eigenvalue weighted by atomic mass is 10.0. The van der Waals surface area contributed by atoms with Gasteiger partial charge in [0.25, 0.3) is 0 Å². The quantitative estimate of drug-likeness (QED) is 0.917. The summed E-state index contributed by atoms with van der Waals surface area (Å²) < 4.78 is 13.5. The highest BCUT2D eigenvalue weighted by Crippen LogP contribution is 2.30. The summed E-state index contributed by atoms with van der Waals surface area (Å²) in [6.45, 7) is 4.00. The third kappa shape index (κ3) is 3.17. The molecular weight excluding hydrogens is 251 g/mol. The van der Waals surface area contributed by atoms with E-state index in [1.54, 1.807) is 6.07 Å². The molecule has 2 rings (SSSR count). The maximum absolute atomic E-state index is 13.5. The van der Waals surface area contributed by atoms with Crippen LogP contribution < -0.4 is 10.6 Å². The molecule has 0 heterocycles. The number of anilines is 2. The minimum absolute atomic E-state index is 0.000760. The van der Waals surface area contributed by atoms with Gasteiger partial charge in [0.2, 0.25) is 0 Å². The molecule has 1 atom stereocenters. The van der Waals surface area contributed by atoms with Gasteiger partial charge >= 0.3 is 0 Å². The number of halogens is 1. The maximum Gasteiger partial charge on any atom is 0.123 e. The van der Waals surface area contributed by atoms with Crippen molar-refractivity contribution in [3.8, 4) is 0 Å². The lowest BCUT2D eigenvalue weighted by Gasteiger charge is -2.25. The van der Waals surface area contributed by atoms with E-state index < -0.39 is 0 Å². The Labute approximate surface area is 120 Å². The average molecular weight is 272 g/mol. The van der Waals surface area contributed by atoms with Crippen molar-refractivity contribution in [2.45, 2.75) is 26.3 Å². The van der Waals surface area contributed by atoms with E-state index in [2.05, 4.69) is 24.0 Å². The molecular formula is C17H21FN2. The molecule has 0 fully saturated rings. The first-order chi connectivity index (χ1) is 9.49. The fourth-order valence-corrected chi connectivity index (χ4v) is 2.46. The van der Waals surface area contributed by atoms with Gasteiger partial charge in [0.1, 0.15) is 5.82 Å². The molecule has 3 heteroatoms. The topological polar surface area (TPSA) is 29.3 Å². The molecule has 2 aromatic carbocycles. The van der Waals surface area contributed by atoms with E-state index in [9.17, 15) is 4.39 Å². The third-order valence-corrected chi connectivity index (χ3v) is 3.42. The van der Waals surface area contributed by atoms with Crippen LogP contribution in [0.1, 0.15) is 18.1 Å². The van der Waals surface area contributed by atoms with Crippen LogP contribution in [0.15, 0.2) is 42.5 Å². The first-order valence-corrected chi connectivity index (χ1v) is 6.82. The molecule has 0 saturated heterocycles. The van der Waals surface area contributed by atoms with Crippen LogP contribution in [-0.4, -0.2) is 13.1 Å². The monoisotopic (exact) mass is 272 g/mol. The van der Waals surface area contributed by atoms with Gasteiger partial charge in [-0.15, -0.1) is 0 Å². The van der Waals surface area contributed by atoms with Crippen LogP contribution in [0.2, 0.25) is 0 Å². The predicted octanol–water partition coefficient (Wildman–Crippen LogP) is 3.79. The standard InChI is InChI=1S/C17H21FN2/c1-12-6-4-5-7-16(12)20(3)17-9-8-15(18)11-14(17)10-13(2)19/h4-9,11,13H,10,19H2,1-3H3. The molecule has 0 aromatic heterocycles. The minimum Gasteiger partial charge on any atom is -0.344 e. The number of hydrogen-bond acceptors (Lipinski definition) is 2. The Morgan fingerprint density at radius 3 is 2.50 bits per heavy atom.